The van der Waals surface area contributed by atoms with Gasteiger partial charge in [-0.3, -0.25) is 19.1 Å². The van der Waals surface area contributed by atoms with Gasteiger partial charge < -0.3 is 29.7 Å². The summed E-state index contributed by atoms with van der Waals surface area (Å²) in [5.41, 5.74) is -6.69. The second-order valence-corrected chi connectivity index (χ2v) is 19.8. The number of carbonyl (C=O) groups excluding carboxylic acids is 4. The molecule has 3 N–H and O–H groups in total. The van der Waals surface area contributed by atoms with Gasteiger partial charge in [0.25, 0.3) is 5.91 Å². The maximum atomic E-state index is 16.8. The molecule has 322 valence electrons. The lowest BCUT2D eigenvalue weighted by Crippen LogP contribution is -2.58. The first-order chi connectivity index (χ1) is 27.5. The fraction of sp³-hybridized carbons (Fsp3) is 0.625. The van der Waals surface area contributed by atoms with Crippen LogP contribution in [0.3, 0.4) is 0 Å². The predicted octanol–water partition coefficient (Wildman–Crippen LogP) is 5.68. The van der Waals surface area contributed by atoms with Crippen LogP contribution < -0.4 is 24.8 Å². The number of alkyl halides is 4. The largest absolute Gasteiger partial charge is 0.497 e. The Labute approximate surface area is 339 Å². The van der Waals surface area contributed by atoms with Gasteiger partial charge in [0, 0.05) is 29.7 Å². The number of rotatable bonds is 5. The summed E-state index contributed by atoms with van der Waals surface area (Å²) in [7, 11) is -2.80. The average Bonchev–Trinajstić information content (AvgIpc) is 4.03. The number of hydrogen-bond acceptors (Lipinski definition) is 10. The molecule has 7 rings (SSSR count). The van der Waals surface area contributed by atoms with E-state index in [-0.39, 0.29) is 29.5 Å². The zero-order chi connectivity index (χ0) is 42.9. The van der Waals surface area contributed by atoms with Gasteiger partial charge in [0.15, 0.2) is 11.4 Å². The summed E-state index contributed by atoms with van der Waals surface area (Å²) in [4.78, 5) is 61.2. The number of nitrogens with one attached hydrogen (secondary N) is 3. The topological polar surface area (TPSA) is 182 Å². The van der Waals surface area contributed by atoms with Crippen LogP contribution in [0.5, 0.6) is 11.5 Å². The molecule has 6 atom stereocenters. The Hall–Kier alpha value is -4.68. The number of hydrogen-bond donors (Lipinski definition) is 3. The number of halogens is 4. The standard InChI is InChI=1S/C40H49F4N5O9S/c1-36(2,3)58-35(53)46-27-12-10-8-6-7-9-11-22-18-39(22,34(52)48-59(54,55)37(4)15-16-37)47-32(50)28-20-38(21-49(28)33(27)51)19-25(41)29-24-17-23(56-5)13-14-26(24)45-31(30(29)57-38)40(42,43)44/h9,11,13-14,17,22,25,27-28H,6-8,10,12,15-16,18-21H2,1-5H3,(H,46,53)(H,47,50)(H,48,52)/b11-9-/t22-,25+,27+,28+,38-,39-/m1/s1. The number of carbonyl (C=O) groups is 4. The van der Waals surface area contributed by atoms with Crippen LogP contribution in [0, 0.1) is 5.92 Å². The van der Waals surface area contributed by atoms with Gasteiger partial charge in [-0.1, -0.05) is 25.0 Å². The third-order valence-electron chi connectivity index (χ3n) is 11.9. The summed E-state index contributed by atoms with van der Waals surface area (Å²) >= 11 is 0. The van der Waals surface area contributed by atoms with Crippen molar-refractivity contribution in [3.8, 4) is 11.5 Å². The molecule has 2 aromatic rings. The molecule has 5 aliphatic rings. The van der Waals surface area contributed by atoms with E-state index >= 15 is 4.39 Å². The van der Waals surface area contributed by atoms with Crippen molar-refractivity contribution >= 4 is 44.7 Å². The average molecular weight is 852 g/mol. The summed E-state index contributed by atoms with van der Waals surface area (Å²) < 4.78 is 105. The first-order valence-electron chi connectivity index (χ1n) is 19.8. The van der Waals surface area contributed by atoms with Crippen molar-refractivity contribution in [2.45, 2.75) is 138 Å². The lowest BCUT2D eigenvalue weighted by atomic mass is 9.85. The summed E-state index contributed by atoms with van der Waals surface area (Å²) in [6.07, 6.45) is -2.60. The molecule has 3 aliphatic heterocycles. The van der Waals surface area contributed by atoms with Crippen molar-refractivity contribution in [1.82, 2.24) is 25.2 Å². The summed E-state index contributed by atoms with van der Waals surface area (Å²) in [6.45, 7) is 5.81. The van der Waals surface area contributed by atoms with Crippen LogP contribution in [-0.2, 0) is 35.3 Å². The number of allylic oxidation sites excluding steroid dienone is 1. The van der Waals surface area contributed by atoms with Crippen LogP contribution in [0.4, 0.5) is 22.4 Å². The summed E-state index contributed by atoms with van der Waals surface area (Å²) in [6, 6.07) is 1.17. The fourth-order valence-electron chi connectivity index (χ4n) is 8.33. The number of aromatic nitrogens is 1. The number of ether oxygens (including phenoxy) is 3. The normalized spacial score (nSPS) is 30.0. The highest BCUT2D eigenvalue weighted by molar-refractivity contribution is 7.91. The Morgan fingerprint density at radius 3 is 2.46 bits per heavy atom. The van der Waals surface area contributed by atoms with E-state index in [1.165, 1.54) is 32.2 Å². The predicted molar refractivity (Wildman–Crippen MR) is 204 cm³/mol. The van der Waals surface area contributed by atoms with E-state index in [1.54, 1.807) is 26.8 Å². The summed E-state index contributed by atoms with van der Waals surface area (Å²) in [5.74, 6) is -4.00. The number of sulfonamides is 1. The van der Waals surface area contributed by atoms with Gasteiger partial charge in [-0.05, 0) is 84.4 Å². The van der Waals surface area contributed by atoms with Crippen LogP contribution in [-0.4, -0.2) is 89.3 Å². The van der Waals surface area contributed by atoms with Crippen molar-refractivity contribution in [2.24, 2.45) is 5.92 Å². The molecular weight excluding hydrogens is 803 g/mol. The zero-order valence-corrected chi connectivity index (χ0v) is 34.3. The number of nitrogens with zero attached hydrogens (tertiary/aromatic N) is 2. The molecule has 4 heterocycles. The first-order valence-corrected chi connectivity index (χ1v) is 21.3. The third-order valence-corrected chi connectivity index (χ3v) is 14.1. The maximum absolute atomic E-state index is 16.8. The van der Waals surface area contributed by atoms with Gasteiger partial charge in [0.1, 0.15) is 40.7 Å². The van der Waals surface area contributed by atoms with E-state index in [9.17, 15) is 40.8 Å². The van der Waals surface area contributed by atoms with Crippen molar-refractivity contribution in [2.75, 3.05) is 13.7 Å². The molecule has 0 unspecified atom stereocenters. The first kappa shape index (κ1) is 42.4. The molecule has 19 heteroatoms. The highest BCUT2D eigenvalue weighted by Gasteiger charge is 2.64. The van der Waals surface area contributed by atoms with Gasteiger partial charge >= 0.3 is 12.3 Å². The minimum atomic E-state index is -5.11. The van der Waals surface area contributed by atoms with Crippen molar-refractivity contribution in [3.05, 3.63) is 41.6 Å². The molecule has 0 radical (unpaired) electrons. The number of benzene rings is 1. The fourth-order valence-corrected chi connectivity index (χ4v) is 9.64. The van der Waals surface area contributed by atoms with E-state index in [0.29, 0.717) is 38.5 Å². The Bertz CT molecular complexity index is 2210. The van der Waals surface area contributed by atoms with Crippen molar-refractivity contribution in [1.29, 1.82) is 0 Å². The second-order valence-electron chi connectivity index (χ2n) is 17.6. The molecule has 3 fully saturated rings. The van der Waals surface area contributed by atoms with E-state index in [4.69, 9.17) is 14.2 Å². The number of methoxy groups -OCH3 is 1. The van der Waals surface area contributed by atoms with E-state index in [1.807, 2.05) is 6.08 Å². The third kappa shape index (κ3) is 8.27. The second kappa shape index (κ2) is 14.8. The quantitative estimate of drug-likeness (QED) is 0.250. The number of alkyl carbamates (subject to hydrolysis) is 1. The highest BCUT2D eigenvalue weighted by atomic mass is 32.2. The van der Waals surface area contributed by atoms with E-state index in [0.717, 1.165) is 4.90 Å². The van der Waals surface area contributed by atoms with Crippen molar-refractivity contribution in [3.63, 3.8) is 0 Å². The van der Waals surface area contributed by atoms with Gasteiger partial charge in [-0.2, -0.15) is 13.2 Å². The van der Waals surface area contributed by atoms with Crippen LogP contribution in [0.25, 0.3) is 10.9 Å². The molecule has 59 heavy (non-hydrogen) atoms. The molecule has 2 aliphatic carbocycles. The Morgan fingerprint density at radius 2 is 1.80 bits per heavy atom. The van der Waals surface area contributed by atoms with Gasteiger partial charge in [0.05, 0.1) is 23.9 Å². The van der Waals surface area contributed by atoms with Gasteiger partial charge in [-0.25, -0.2) is 22.6 Å². The van der Waals surface area contributed by atoms with Gasteiger partial charge in [-0.15, -0.1) is 0 Å². The minimum Gasteiger partial charge on any atom is -0.497 e. The molecule has 0 bridgehead atoms. The minimum absolute atomic E-state index is 0.0220. The van der Waals surface area contributed by atoms with Crippen LogP contribution in [0.2, 0.25) is 0 Å². The molecule has 1 aromatic heterocycles. The summed E-state index contributed by atoms with van der Waals surface area (Å²) in [5, 5.41) is 5.32. The van der Waals surface area contributed by atoms with Crippen LogP contribution in [0.1, 0.15) is 109 Å². The molecule has 1 saturated heterocycles. The molecular formula is C40H49F4N5O9S. The number of pyridine rings is 1. The maximum Gasteiger partial charge on any atom is 0.437 e. The number of amides is 4. The van der Waals surface area contributed by atoms with E-state index in [2.05, 4.69) is 20.3 Å². The van der Waals surface area contributed by atoms with Crippen LogP contribution >= 0.6 is 0 Å². The lowest BCUT2D eigenvalue weighted by molar-refractivity contribution is -0.145. The lowest BCUT2D eigenvalue weighted by Gasteiger charge is -2.38. The molecule has 14 nitrogen and oxygen atoms in total. The number of fused-ring (bicyclic) bond motifs is 5. The monoisotopic (exact) mass is 851 g/mol. The van der Waals surface area contributed by atoms with Gasteiger partial charge in [0.2, 0.25) is 21.8 Å². The highest BCUT2D eigenvalue weighted by Crippen LogP contribution is 2.54. The van der Waals surface area contributed by atoms with Crippen LogP contribution in [0.15, 0.2) is 30.4 Å². The Morgan fingerprint density at radius 1 is 1.07 bits per heavy atom. The molecule has 1 aromatic carbocycles. The molecule has 2 saturated carbocycles. The molecule has 4 amide bonds. The Kier molecular flexibility index (Phi) is 10.6. The van der Waals surface area contributed by atoms with Crippen molar-refractivity contribution < 1.29 is 59.4 Å². The molecule has 1 spiro atoms. The smallest absolute Gasteiger partial charge is 0.437 e. The zero-order valence-electron chi connectivity index (χ0n) is 33.5. The van der Waals surface area contributed by atoms with E-state index < -0.39 is 122 Å². The Balaban J connectivity index is 1.29. The SMILES string of the molecule is COc1ccc2nc(C(F)(F)F)c3c(c2c1)[C@@H](F)C[C@]1(C[C@H]2C(=O)N[C@]4(C(=O)NS(=O)(=O)C5(C)CC5)C[C@H]4/C=C\CCCCC[C@H](NC(=O)OC(C)(C)C)C(=O)N2C1)O3.